The van der Waals surface area contributed by atoms with Gasteiger partial charge in [0.25, 0.3) is 0 Å². The summed E-state index contributed by atoms with van der Waals surface area (Å²) in [6, 6.07) is 0. The van der Waals surface area contributed by atoms with E-state index in [-0.39, 0.29) is 10.2 Å². The van der Waals surface area contributed by atoms with Crippen molar-refractivity contribution in [1.82, 2.24) is 0 Å². The molecule has 2 aliphatic carbocycles. The molecule has 0 heterocycles. The highest BCUT2D eigenvalue weighted by atomic mass is 32.2. The molecule has 0 aromatic rings. The van der Waals surface area contributed by atoms with Gasteiger partial charge < -0.3 is 0 Å². The summed E-state index contributed by atoms with van der Waals surface area (Å²) in [5.41, 5.74) is 0.143. The highest BCUT2D eigenvalue weighted by molar-refractivity contribution is 7.93. The second kappa shape index (κ2) is 2.06. The van der Waals surface area contributed by atoms with E-state index in [1.165, 1.54) is 0 Å². The topological polar surface area (TPSA) is 34.1 Å². The molecule has 0 aliphatic heterocycles. The maximum absolute atomic E-state index is 11.8. The first kappa shape index (κ1) is 8.54. The van der Waals surface area contributed by atoms with E-state index in [1.54, 1.807) is 0 Å². The minimum atomic E-state index is -2.78. The molecule has 12 heavy (non-hydrogen) atoms. The van der Waals surface area contributed by atoms with Crippen molar-refractivity contribution in [2.75, 3.05) is 5.75 Å². The third kappa shape index (κ3) is 1.28. The van der Waals surface area contributed by atoms with Crippen molar-refractivity contribution in [1.29, 1.82) is 0 Å². The lowest BCUT2D eigenvalue weighted by Gasteiger charge is -2.14. The molecule has 0 saturated heterocycles. The van der Waals surface area contributed by atoms with E-state index in [4.69, 9.17) is 0 Å². The SMILES string of the molecule is CC1(CS(=O)(=O)C2(C)CC2)CC1. The fourth-order valence-corrected chi connectivity index (χ4v) is 3.76. The Balaban J connectivity index is 2.12. The van der Waals surface area contributed by atoms with Crippen LogP contribution in [0.2, 0.25) is 0 Å². The summed E-state index contributed by atoms with van der Waals surface area (Å²) in [6.45, 7) is 3.96. The van der Waals surface area contributed by atoms with Crippen LogP contribution in [0, 0.1) is 5.41 Å². The van der Waals surface area contributed by atoms with E-state index < -0.39 is 9.84 Å². The van der Waals surface area contributed by atoms with Gasteiger partial charge in [-0.1, -0.05) is 6.92 Å². The van der Waals surface area contributed by atoms with Crippen molar-refractivity contribution in [2.45, 2.75) is 44.3 Å². The maximum Gasteiger partial charge on any atom is 0.156 e. The normalized spacial score (nSPS) is 29.8. The van der Waals surface area contributed by atoms with Crippen molar-refractivity contribution in [3.63, 3.8) is 0 Å². The fraction of sp³-hybridized carbons (Fsp3) is 1.00. The molecule has 0 unspecified atom stereocenters. The van der Waals surface area contributed by atoms with Crippen LogP contribution in [-0.2, 0) is 9.84 Å². The molecule has 0 N–H and O–H groups in total. The summed E-state index contributed by atoms with van der Waals surface area (Å²) >= 11 is 0. The second-order valence-corrected chi connectivity index (χ2v) is 7.52. The lowest BCUT2D eigenvalue weighted by atomic mass is 10.2. The summed E-state index contributed by atoms with van der Waals surface area (Å²) in [5.74, 6) is 0.427. The van der Waals surface area contributed by atoms with Crippen LogP contribution in [0.25, 0.3) is 0 Å². The van der Waals surface area contributed by atoms with Gasteiger partial charge in [0.2, 0.25) is 0 Å². The fourth-order valence-electron chi connectivity index (χ4n) is 1.48. The van der Waals surface area contributed by atoms with Crippen LogP contribution < -0.4 is 0 Å². The highest BCUT2D eigenvalue weighted by Gasteiger charge is 2.53. The van der Waals surface area contributed by atoms with Crippen LogP contribution >= 0.6 is 0 Å². The van der Waals surface area contributed by atoms with Crippen LogP contribution in [-0.4, -0.2) is 18.9 Å². The summed E-state index contributed by atoms with van der Waals surface area (Å²) in [5, 5.41) is 0. The molecular weight excluding hydrogens is 172 g/mol. The Bertz CT molecular complexity index is 294. The molecule has 2 nitrogen and oxygen atoms in total. The molecular formula is C9H16O2S. The Morgan fingerprint density at radius 2 is 1.58 bits per heavy atom. The van der Waals surface area contributed by atoms with Gasteiger partial charge in [-0.05, 0) is 38.0 Å². The number of hydrogen-bond donors (Lipinski definition) is 0. The van der Waals surface area contributed by atoms with Gasteiger partial charge in [0.15, 0.2) is 9.84 Å². The van der Waals surface area contributed by atoms with Crippen LogP contribution in [0.1, 0.15) is 39.5 Å². The summed E-state index contributed by atoms with van der Waals surface area (Å²) in [7, 11) is -2.78. The third-order valence-corrected chi connectivity index (χ3v) is 6.33. The average molecular weight is 188 g/mol. The zero-order valence-electron chi connectivity index (χ0n) is 7.76. The van der Waals surface area contributed by atoms with E-state index in [1.807, 2.05) is 6.92 Å². The first-order valence-electron chi connectivity index (χ1n) is 4.59. The molecule has 0 amide bonds. The van der Waals surface area contributed by atoms with Crippen LogP contribution in [0.4, 0.5) is 0 Å². The predicted octanol–water partition coefficient (Wildman–Crippen LogP) is 1.75. The van der Waals surface area contributed by atoms with Gasteiger partial charge in [-0.2, -0.15) is 0 Å². The van der Waals surface area contributed by atoms with Crippen LogP contribution in [0.15, 0.2) is 0 Å². The number of sulfone groups is 1. The van der Waals surface area contributed by atoms with E-state index in [0.717, 1.165) is 25.7 Å². The molecule has 0 radical (unpaired) electrons. The average Bonchev–Trinajstić information content (AvgIpc) is 2.74. The zero-order valence-corrected chi connectivity index (χ0v) is 8.58. The lowest BCUT2D eigenvalue weighted by molar-refractivity contribution is 0.555. The molecule has 2 rings (SSSR count). The minimum absolute atomic E-state index is 0.143. The van der Waals surface area contributed by atoms with Crippen LogP contribution in [0.3, 0.4) is 0 Å². The monoisotopic (exact) mass is 188 g/mol. The molecule has 0 aromatic carbocycles. The highest BCUT2D eigenvalue weighted by Crippen LogP contribution is 2.51. The molecule has 0 spiro atoms. The summed E-state index contributed by atoms with van der Waals surface area (Å²) in [6.07, 6.45) is 3.96. The van der Waals surface area contributed by atoms with Gasteiger partial charge in [-0.3, -0.25) is 0 Å². The molecule has 0 aromatic heterocycles. The lowest BCUT2D eigenvalue weighted by Crippen LogP contribution is -2.26. The van der Waals surface area contributed by atoms with Crippen molar-refractivity contribution >= 4 is 9.84 Å². The van der Waals surface area contributed by atoms with Crippen molar-refractivity contribution < 1.29 is 8.42 Å². The number of hydrogen-bond acceptors (Lipinski definition) is 2. The summed E-state index contributed by atoms with van der Waals surface area (Å²) in [4.78, 5) is 0. The van der Waals surface area contributed by atoms with E-state index >= 15 is 0 Å². The molecule has 0 atom stereocenters. The Labute approximate surface area is 74.3 Å². The standard InChI is InChI=1S/C9H16O2S/c1-8(3-4-8)7-12(10,11)9(2)5-6-9/h3-7H2,1-2H3. The van der Waals surface area contributed by atoms with Crippen molar-refractivity contribution in [3.8, 4) is 0 Å². The van der Waals surface area contributed by atoms with Crippen molar-refractivity contribution in [2.24, 2.45) is 5.41 Å². The van der Waals surface area contributed by atoms with Gasteiger partial charge in [0.1, 0.15) is 0 Å². The molecule has 2 fully saturated rings. The Hall–Kier alpha value is -0.0500. The Morgan fingerprint density at radius 1 is 1.08 bits per heavy atom. The molecule has 2 aliphatic rings. The van der Waals surface area contributed by atoms with Crippen LogP contribution in [0.5, 0.6) is 0 Å². The van der Waals surface area contributed by atoms with E-state index in [0.29, 0.717) is 5.75 Å². The Kier molecular flexibility index (Phi) is 1.47. The quantitative estimate of drug-likeness (QED) is 0.676. The van der Waals surface area contributed by atoms with Gasteiger partial charge in [-0.15, -0.1) is 0 Å². The van der Waals surface area contributed by atoms with E-state index in [9.17, 15) is 8.42 Å². The summed E-state index contributed by atoms with van der Waals surface area (Å²) < 4.78 is 23.2. The Morgan fingerprint density at radius 3 is 1.92 bits per heavy atom. The predicted molar refractivity (Wildman–Crippen MR) is 48.8 cm³/mol. The smallest absolute Gasteiger partial charge is 0.156 e. The zero-order chi connectivity index (χ0) is 9.04. The largest absolute Gasteiger partial charge is 0.228 e. The molecule has 70 valence electrons. The molecule has 0 bridgehead atoms. The van der Waals surface area contributed by atoms with Gasteiger partial charge in [-0.25, -0.2) is 8.42 Å². The maximum atomic E-state index is 11.8. The number of rotatable bonds is 3. The first-order valence-corrected chi connectivity index (χ1v) is 6.25. The van der Waals surface area contributed by atoms with Crippen molar-refractivity contribution in [3.05, 3.63) is 0 Å². The molecule has 2 saturated carbocycles. The van der Waals surface area contributed by atoms with Gasteiger partial charge in [0, 0.05) is 0 Å². The molecule has 3 heteroatoms. The first-order chi connectivity index (χ1) is 5.37. The van der Waals surface area contributed by atoms with Gasteiger partial charge in [0.05, 0.1) is 10.5 Å². The second-order valence-electron chi connectivity index (χ2n) is 5.02. The van der Waals surface area contributed by atoms with E-state index in [2.05, 4.69) is 6.92 Å². The minimum Gasteiger partial charge on any atom is -0.228 e. The third-order valence-electron chi connectivity index (χ3n) is 3.35. The van der Waals surface area contributed by atoms with Gasteiger partial charge >= 0.3 is 0 Å².